The molecule has 2 atom stereocenters. The average molecular weight is 292 g/mol. The molecule has 0 bridgehead atoms. The van der Waals surface area contributed by atoms with Crippen molar-refractivity contribution in [2.24, 2.45) is 11.5 Å². The predicted molar refractivity (Wildman–Crippen MR) is 80.2 cm³/mol. The van der Waals surface area contributed by atoms with Gasteiger partial charge in [-0.1, -0.05) is 0 Å². The van der Waals surface area contributed by atoms with Gasteiger partial charge >= 0.3 is 0 Å². The summed E-state index contributed by atoms with van der Waals surface area (Å²) in [6.07, 6.45) is 2.87. The first-order chi connectivity index (χ1) is 9.95. The Kier molecular flexibility index (Phi) is 4.42. The highest BCUT2D eigenvalue weighted by atomic mass is 16.6. The Morgan fingerprint density at radius 2 is 2.19 bits per heavy atom. The minimum absolute atomic E-state index is 0.0211. The maximum atomic E-state index is 11.4. The van der Waals surface area contributed by atoms with Gasteiger partial charge in [-0.15, -0.1) is 0 Å². The molecule has 0 aromatic heterocycles. The Bertz CT molecular complexity index is 561. The molecular weight excluding hydrogens is 272 g/mol. The van der Waals surface area contributed by atoms with Crippen LogP contribution in [0, 0.1) is 10.1 Å². The summed E-state index contributed by atoms with van der Waals surface area (Å²) in [5.74, 6) is -0.597. The molecule has 114 valence electrons. The minimum atomic E-state index is -0.597. The van der Waals surface area contributed by atoms with E-state index in [-0.39, 0.29) is 23.3 Å². The minimum Gasteiger partial charge on any atom is -0.366 e. The smallest absolute Gasteiger partial charge is 0.292 e. The molecule has 1 aromatic rings. The van der Waals surface area contributed by atoms with E-state index < -0.39 is 10.8 Å². The van der Waals surface area contributed by atoms with Gasteiger partial charge in [0.1, 0.15) is 5.69 Å². The third-order valence-corrected chi connectivity index (χ3v) is 4.03. The van der Waals surface area contributed by atoms with Gasteiger partial charge in [-0.2, -0.15) is 0 Å². The standard InChI is InChI=1S/C14H20N4O3/c1-9-3-2-4-11(8-15)17(9)13-7-10(14(16)19)5-6-12(13)18(20)21/h5-7,9,11H,2-4,8,15H2,1H3,(H2,16,19). The third-order valence-electron chi connectivity index (χ3n) is 4.03. The molecular formula is C14H20N4O3. The number of hydrogen-bond donors (Lipinski definition) is 2. The lowest BCUT2D eigenvalue weighted by Crippen LogP contribution is -2.49. The number of nitrogens with two attached hydrogens (primary N) is 2. The Morgan fingerprint density at radius 1 is 1.48 bits per heavy atom. The normalized spacial score (nSPS) is 22.1. The summed E-state index contributed by atoms with van der Waals surface area (Å²) in [5, 5.41) is 11.3. The quantitative estimate of drug-likeness (QED) is 0.642. The highest BCUT2D eigenvalue weighted by molar-refractivity contribution is 5.94. The highest BCUT2D eigenvalue weighted by Gasteiger charge is 2.32. The van der Waals surface area contributed by atoms with Crippen LogP contribution in [0.2, 0.25) is 0 Å². The van der Waals surface area contributed by atoms with Gasteiger partial charge in [0, 0.05) is 30.3 Å². The van der Waals surface area contributed by atoms with E-state index in [1.54, 1.807) is 0 Å². The van der Waals surface area contributed by atoms with E-state index in [4.69, 9.17) is 11.5 Å². The Labute approximate surface area is 123 Å². The number of piperidine rings is 1. The molecule has 1 fully saturated rings. The van der Waals surface area contributed by atoms with Crippen molar-refractivity contribution < 1.29 is 9.72 Å². The van der Waals surface area contributed by atoms with Crippen LogP contribution in [0.4, 0.5) is 11.4 Å². The van der Waals surface area contributed by atoms with Crippen LogP contribution in [0.5, 0.6) is 0 Å². The first-order valence-electron chi connectivity index (χ1n) is 7.02. The van der Waals surface area contributed by atoms with Crippen LogP contribution in [0.25, 0.3) is 0 Å². The second-order valence-corrected chi connectivity index (χ2v) is 5.40. The number of carbonyl (C=O) groups is 1. The zero-order valence-electron chi connectivity index (χ0n) is 12.0. The van der Waals surface area contributed by atoms with E-state index in [9.17, 15) is 14.9 Å². The van der Waals surface area contributed by atoms with Gasteiger partial charge in [0.25, 0.3) is 5.69 Å². The van der Waals surface area contributed by atoms with E-state index in [0.717, 1.165) is 19.3 Å². The van der Waals surface area contributed by atoms with Crippen molar-refractivity contribution >= 4 is 17.3 Å². The lowest BCUT2D eigenvalue weighted by Gasteiger charge is -2.41. The van der Waals surface area contributed by atoms with E-state index in [1.165, 1.54) is 18.2 Å². The van der Waals surface area contributed by atoms with Gasteiger partial charge in [0.15, 0.2) is 0 Å². The topological polar surface area (TPSA) is 115 Å². The van der Waals surface area contributed by atoms with Crippen LogP contribution in [0.3, 0.4) is 0 Å². The molecule has 1 saturated heterocycles. The number of primary amides is 1. The zero-order valence-corrected chi connectivity index (χ0v) is 12.0. The third kappa shape index (κ3) is 2.97. The fourth-order valence-corrected chi connectivity index (χ4v) is 2.99. The molecule has 2 unspecified atom stereocenters. The molecule has 2 rings (SSSR count). The lowest BCUT2D eigenvalue weighted by molar-refractivity contribution is -0.384. The van der Waals surface area contributed by atoms with Crippen molar-refractivity contribution in [1.82, 2.24) is 0 Å². The van der Waals surface area contributed by atoms with Crippen LogP contribution in [0.1, 0.15) is 36.5 Å². The number of hydrogen-bond acceptors (Lipinski definition) is 5. The molecule has 4 N–H and O–H groups in total. The van der Waals surface area contributed by atoms with E-state index >= 15 is 0 Å². The van der Waals surface area contributed by atoms with Crippen molar-refractivity contribution in [3.63, 3.8) is 0 Å². The zero-order chi connectivity index (χ0) is 15.6. The molecule has 0 radical (unpaired) electrons. The summed E-state index contributed by atoms with van der Waals surface area (Å²) in [7, 11) is 0. The van der Waals surface area contributed by atoms with Crippen molar-refractivity contribution in [3.05, 3.63) is 33.9 Å². The second kappa shape index (κ2) is 6.09. The van der Waals surface area contributed by atoms with Crippen molar-refractivity contribution in [1.29, 1.82) is 0 Å². The van der Waals surface area contributed by atoms with Crippen molar-refractivity contribution in [2.45, 2.75) is 38.3 Å². The van der Waals surface area contributed by atoms with Crippen LogP contribution in [-0.2, 0) is 0 Å². The van der Waals surface area contributed by atoms with Gasteiger partial charge in [-0.05, 0) is 38.3 Å². The molecule has 1 aromatic carbocycles. The summed E-state index contributed by atoms with van der Waals surface area (Å²) < 4.78 is 0. The monoisotopic (exact) mass is 292 g/mol. The van der Waals surface area contributed by atoms with Crippen LogP contribution >= 0.6 is 0 Å². The molecule has 7 nitrogen and oxygen atoms in total. The number of nitro benzene ring substituents is 1. The number of nitro groups is 1. The molecule has 0 spiro atoms. The second-order valence-electron chi connectivity index (χ2n) is 5.40. The SMILES string of the molecule is CC1CCCC(CN)N1c1cc(C(N)=O)ccc1[N+](=O)[O-]. The van der Waals surface area contributed by atoms with Crippen LogP contribution in [0.15, 0.2) is 18.2 Å². The molecule has 1 amide bonds. The molecule has 21 heavy (non-hydrogen) atoms. The van der Waals surface area contributed by atoms with Crippen molar-refractivity contribution in [2.75, 3.05) is 11.4 Å². The predicted octanol–water partition coefficient (Wildman–Crippen LogP) is 1.40. The van der Waals surface area contributed by atoms with Gasteiger partial charge in [-0.3, -0.25) is 14.9 Å². The average Bonchev–Trinajstić information content (AvgIpc) is 2.46. The van der Waals surface area contributed by atoms with E-state index in [2.05, 4.69) is 0 Å². The number of amides is 1. The summed E-state index contributed by atoms with van der Waals surface area (Å²) in [6, 6.07) is 4.40. The first-order valence-corrected chi connectivity index (χ1v) is 7.02. The summed E-state index contributed by atoms with van der Waals surface area (Å²) in [5.41, 5.74) is 11.8. The molecule has 1 aliphatic heterocycles. The van der Waals surface area contributed by atoms with Crippen molar-refractivity contribution in [3.8, 4) is 0 Å². The van der Waals surface area contributed by atoms with Gasteiger partial charge in [0.2, 0.25) is 5.91 Å². The fourth-order valence-electron chi connectivity index (χ4n) is 2.99. The maximum absolute atomic E-state index is 11.4. The molecule has 1 heterocycles. The Hall–Kier alpha value is -2.15. The summed E-state index contributed by atoms with van der Waals surface area (Å²) in [4.78, 5) is 24.2. The van der Waals surface area contributed by atoms with E-state index in [1.807, 2.05) is 11.8 Å². The van der Waals surface area contributed by atoms with Crippen LogP contribution in [-0.4, -0.2) is 29.5 Å². The largest absolute Gasteiger partial charge is 0.366 e. The first kappa shape index (κ1) is 15.2. The fraction of sp³-hybridized carbons (Fsp3) is 0.500. The van der Waals surface area contributed by atoms with E-state index in [0.29, 0.717) is 12.2 Å². The molecule has 0 aliphatic carbocycles. The number of anilines is 1. The maximum Gasteiger partial charge on any atom is 0.292 e. The molecule has 7 heteroatoms. The Balaban J connectivity index is 2.54. The number of carbonyl (C=O) groups excluding carboxylic acids is 1. The Morgan fingerprint density at radius 3 is 2.76 bits per heavy atom. The molecule has 1 aliphatic rings. The van der Waals surface area contributed by atoms with Gasteiger partial charge < -0.3 is 16.4 Å². The van der Waals surface area contributed by atoms with Gasteiger partial charge in [0.05, 0.1) is 4.92 Å². The highest BCUT2D eigenvalue weighted by Crippen LogP contribution is 2.36. The van der Waals surface area contributed by atoms with Gasteiger partial charge in [-0.25, -0.2) is 0 Å². The number of benzene rings is 1. The number of rotatable bonds is 4. The number of nitrogens with zero attached hydrogens (tertiary/aromatic N) is 2. The lowest BCUT2D eigenvalue weighted by atomic mass is 9.94. The summed E-state index contributed by atoms with van der Waals surface area (Å²) in [6.45, 7) is 2.44. The molecule has 0 saturated carbocycles. The van der Waals surface area contributed by atoms with Crippen LogP contribution < -0.4 is 16.4 Å². The summed E-state index contributed by atoms with van der Waals surface area (Å²) >= 11 is 0.